The second kappa shape index (κ2) is 5.87. The fraction of sp³-hybridized carbons (Fsp3) is 0.300. The third-order valence-corrected chi connectivity index (χ3v) is 3.39. The Morgan fingerprint density at radius 3 is 2.82 bits per heavy atom. The Hall–Kier alpha value is -1.29. The molecule has 1 N–H and O–H groups in total. The van der Waals surface area contributed by atoms with Gasteiger partial charge in [-0.05, 0) is 18.2 Å². The van der Waals surface area contributed by atoms with Gasteiger partial charge in [0.2, 0.25) is 10.0 Å². The first kappa shape index (κ1) is 13.8. The van der Waals surface area contributed by atoms with E-state index in [2.05, 4.69) is 9.46 Å². The summed E-state index contributed by atoms with van der Waals surface area (Å²) in [6, 6.07) is 6.25. The van der Waals surface area contributed by atoms with Crippen LogP contribution in [-0.2, 0) is 14.8 Å². The van der Waals surface area contributed by atoms with Crippen LogP contribution >= 0.6 is 11.6 Å². The van der Waals surface area contributed by atoms with E-state index in [1.807, 2.05) is 6.07 Å². The van der Waals surface area contributed by atoms with Crippen molar-refractivity contribution in [3.05, 3.63) is 28.8 Å². The van der Waals surface area contributed by atoms with Gasteiger partial charge in [-0.2, -0.15) is 5.26 Å². The normalized spacial score (nSPS) is 10.9. The van der Waals surface area contributed by atoms with Gasteiger partial charge in [-0.1, -0.05) is 11.6 Å². The van der Waals surface area contributed by atoms with Gasteiger partial charge in [-0.25, -0.2) is 8.42 Å². The van der Waals surface area contributed by atoms with E-state index in [0.29, 0.717) is 5.02 Å². The molecule has 1 aromatic rings. The van der Waals surface area contributed by atoms with Crippen molar-refractivity contribution in [2.75, 3.05) is 24.2 Å². The molecule has 0 aliphatic heterocycles. The van der Waals surface area contributed by atoms with E-state index in [-0.39, 0.29) is 23.6 Å². The van der Waals surface area contributed by atoms with Crippen molar-refractivity contribution in [2.24, 2.45) is 0 Å². The standard InChI is InChI=1S/C10H11ClN2O3S/c1-16-4-5-17(14,15)13-10-6-9(11)3-2-8(10)7-12/h2-3,6,13H,4-5H2,1H3. The Morgan fingerprint density at radius 2 is 2.24 bits per heavy atom. The zero-order chi connectivity index (χ0) is 12.9. The van der Waals surface area contributed by atoms with E-state index >= 15 is 0 Å². The van der Waals surface area contributed by atoms with Gasteiger partial charge in [0.15, 0.2) is 0 Å². The van der Waals surface area contributed by atoms with Crippen LogP contribution in [0, 0.1) is 11.3 Å². The fourth-order valence-electron chi connectivity index (χ4n) is 1.11. The average molecular weight is 275 g/mol. The molecule has 0 unspecified atom stereocenters. The van der Waals surface area contributed by atoms with Gasteiger partial charge in [0, 0.05) is 12.1 Å². The van der Waals surface area contributed by atoms with E-state index in [0.717, 1.165) is 0 Å². The highest BCUT2D eigenvalue weighted by Gasteiger charge is 2.13. The summed E-state index contributed by atoms with van der Waals surface area (Å²) >= 11 is 5.74. The minimum absolute atomic E-state index is 0.0811. The number of nitrogens with zero attached hydrogens (tertiary/aromatic N) is 1. The van der Waals surface area contributed by atoms with Gasteiger partial charge < -0.3 is 4.74 Å². The topological polar surface area (TPSA) is 79.2 Å². The lowest BCUT2D eigenvalue weighted by molar-refractivity contribution is 0.217. The second-order valence-electron chi connectivity index (χ2n) is 3.22. The second-order valence-corrected chi connectivity index (χ2v) is 5.49. The molecule has 0 bridgehead atoms. The predicted octanol–water partition coefficient (Wildman–Crippen LogP) is 1.60. The number of nitriles is 1. The molecule has 0 spiro atoms. The molecule has 0 saturated heterocycles. The maximum Gasteiger partial charge on any atom is 0.235 e. The van der Waals surface area contributed by atoms with Crippen LogP contribution in [0.25, 0.3) is 0 Å². The van der Waals surface area contributed by atoms with Crippen LogP contribution in [-0.4, -0.2) is 27.9 Å². The van der Waals surface area contributed by atoms with E-state index < -0.39 is 10.0 Å². The molecule has 0 aliphatic rings. The third kappa shape index (κ3) is 4.23. The highest BCUT2D eigenvalue weighted by Crippen LogP contribution is 2.21. The van der Waals surface area contributed by atoms with Crippen molar-refractivity contribution in [3.63, 3.8) is 0 Å². The maximum absolute atomic E-state index is 11.6. The third-order valence-electron chi connectivity index (χ3n) is 1.92. The number of halogens is 1. The average Bonchev–Trinajstić information content (AvgIpc) is 2.26. The summed E-state index contributed by atoms with van der Waals surface area (Å²) in [6.07, 6.45) is 0. The van der Waals surface area contributed by atoms with Crippen molar-refractivity contribution in [3.8, 4) is 6.07 Å². The maximum atomic E-state index is 11.6. The zero-order valence-corrected chi connectivity index (χ0v) is 10.7. The van der Waals surface area contributed by atoms with Crippen LogP contribution in [0.15, 0.2) is 18.2 Å². The highest BCUT2D eigenvalue weighted by atomic mass is 35.5. The molecule has 1 rings (SSSR count). The lowest BCUT2D eigenvalue weighted by atomic mass is 10.2. The number of anilines is 1. The first-order valence-electron chi connectivity index (χ1n) is 4.67. The summed E-state index contributed by atoms with van der Waals surface area (Å²) in [5, 5.41) is 9.18. The monoisotopic (exact) mass is 274 g/mol. The molecular formula is C10H11ClN2O3S. The molecule has 1 aromatic carbocycles. The number of rotatable bonds is 5. The molecule has 0 atom stereocenters. The number of nitrogens with one attached hydrogen (secondary N) is 1. The van der Waals surface area contributed by atoms with Gasteiger partial charge in [0.1, 0.15) is 6.07 Å². The van der Waals surface area contributed by atoms with Crippen LogP contribution in [0.4, 0.5) is 5.69 Å². The van der Waals surface area contributed by atoms with Gasteiger partial charge in [0.05, 0.1) is 23.6 Å². The zero-order valence-electron chi connectivity index (χ0n) is 9.10. The Bertz CT molecular complexity index is 537. The summed E-state index contributed by atoms with van der Waals surface area (Å²) in [4.78, 5) is 0. The van der Waals surface area contributed by atoms with E-state index in [9.17, 15) is 8.42 Å². The van der Waals surface area contributed by atoms with Crippen LogP contribution < -0.4 is 4.72 Å². The quantitative estimate of drug-likeness (QED) is 0.884. The Morgan fingerprint density at radius 1 is 1.53 bits per heavy atom. The van der Waals surface area contributed by atoms with Crippen LogP contribution in [0.3, 0.4) is 0 Å². The molecule has 5 nitrogen and oxygen atoms in total. The van der Waals surface area contributed by atoms with E-state index in [1.165, 1.54) is 25.3 Å². The summed E-state index contributed by atoms with van der Waals surface area (Å²) in [5.74, 6) is -0.180. The van der Waals surface area contributed by atoms with Gasteiger partial charge in [0.25, 0.3) is 0 Å². The van der Waals surface area contributed by atoms with Crippen molar-refractivity contribution >= 4 is 27.3 Å². The van der Waals surface area contributed by atoms with Gasteiger partial charge in [-0.3, -0.25) is 4.72 Å². The summed E-state index contributed by atoms with van der Waals surface area (Å²) < 4.78 is 30.2. The predicted molar refractivity (Wildman–Crippen MR) is 65.5 cm³/mol. The van der Waals surface area contributed by atoms with Crippen molar-refractivity contribution in [1.82, 2.24) is 0 Å². The lowest BCUT2D eigenvalue weighted by Gasteiger charge is -2.09. The number of methoxy groups -OCH3 is 1. The molecule has 0 fully saturated rings. The summed E-state index contributed by atoms with van der Waals surface area (Å²) in [7, 11) is -2.12. The molecule has 0 amide bonds. The van der Waals surface area contributed by atoms with Crippen LogP contribution in [0.2, 0.25) is 5.02 Å². The molecule has 7 heteroatoms. The minimum atomic E-state index is -3.53. The molecule has 0 saturated carbocycles. The summed E-state index contributed by atoms with van der Waals surface area (Å²) in [6.45, 7) is 0.0811. The van der Waals surface area contributed by atoms with Crippen molar-refractivity contribution in [1.29, 1.82) is 5.26 Å². The molecule has 0 aromatic heterocycles. The van der Waals surface area contributed by atoms with Gasteiger partial charge >= 0.3 is 0 Å². The number of benzene rings is 1. The van der Waals surface area contributed by atoms with Gasteiger partial charge in [-0.15, -0.1) is 0 Å². The lowest BCUT2D eigenvalue weighted by Crippen LogP contribution is -2.20. The molecule has 0 radical (unpaired) electrons. The molecule has 0 aliphatic carbocycles. The first-order chi connectivity index (χ1) is 7.98. The van der Waals surface area contributed by atoms with Crippen LogP contribution in [0.1, 0.15) is 5.56 Å². The van der Waals surface area contributed by atoms with Crippen LogP contribution in [0.5, 0.6) is 0 Å². The molecule has 0 heterocycles. The van der Waals surface area contributed by atoms with E-state index in [1.54, 1.807) is 0 Å². The fourth-order valence-corrected chi connectivity index (χ4v) is 2.27. The Kier molecular flexibility index (Phi) is 4.75. The number of sulfonamides is 1. The SMILES string of the molecule is COCCS(=O)(=O)Nc1cc(Cl)ccc1C#N. The smallest absolute Gasteiger partial charge is 0.235 e. The Balaban J connectivity index is 2.95. The molecule has 17 heavy (non-hydrogen) atoms. The number of hydrogen-bond donors (Lipinski definition) is 1. The molecule has 92 valence electrons. The molecular weight excluding hydrogens is 264 g/mol. The Labute approximate surface area is 105 Å². The largest absolute Gasteiger partial charge is 0.384 e. The van der Waals surface area contributed by atoms with Crippen molar-refractivity contribution in [2.45, 2.75) is 0 Å². The highest BCUT2D eigenvalue weighted by molar-refractivity contribution is 7.92. The number of ether oxygens (including phenoxy) is 1. The van der Waals surface area contributed by atoms with E-state index in [4.69, 9.17) is 16.9 Å². The van der Waals surface area contributed by atoms with Crippen molar-refractivity contribution < 1.29 is 13.2 Å². The minimum Gasteiger partial charge on any atom is -0.384 e. The number of hydrogen-bond acceptors (Lipinski definition) is 4. The first-order valence-corrected chi connectivity index (χ1v) is 6.70. The summed E-state index contributed by atoms with van der Waals surface area (Å²) in [5.41, 5.74) is 0.395.